The molecule has 0 fully saturated rings. The lowest BCUT2D eigenvalue weighted by atomic mass is 10.2. The number of methoxy groups -OCH3 is 1. The van der Waals surface area contributed by atoms with Gasteiger partial charge in [0, 0.05) is 16.7 Å². The Morgan fingerprint density at radius 3 is 2.72 bits per heavy atom. The third-order valence-electron chi connectivity index (χ3n) is 2.43. The van der Waals surface area contributed by atoms with E-state index in [1.54, 1.807) is 11.8 Å². The van der Waals surface area contributed by atoms with Crippen LogP contribution in [0.5, 0.6) is 0 Å². The van der Waals surface area contributed by atoms with Crippen molar-refractivity contribution in [3.05, 3.63) is 29.8 Å². The molecule has 0 spiro atoms. The minimum atomic E-state index is -0.263. The second-order valence-corrected chi connectivity index (χ2v) is 5.62. The van der Waals surface area contributed by atoms with Crippen LogP contribution >= 0.6 is 11.8 Å². The zero-order valence-corrected chi connectivity index (χ0v) is 12.2. The Morgan fingerprint density at radius 2 is 2.17 bits per heavy atom. The van der Waals surface area contributed by atoms with Crippen molar-refractivity contribution in [2.75, 3.05) is 12.9 Å². The van der Waals surface area contributed by atoms with Crippen LogP contribution in [-0.2, 0) is 9.53 Å². The molecule has 0 saturated carbocycles. The van der Waals surface area contributed by atoms with E-state index in [-0.39, 0.29) is 18.1 Å². The molecule has 0 radical (unpaired) electrons. The van der Waals surface area contributed by atoms with Gasteiger partial charge in [0.05, 0.1) is 7.11 Å². The molecule has 0 saturated heterocycles. The molecule has 0 aromatic heterocycles. The van der Waals surface area contributed by atoms with E-state index in [9.17, 15) is 4.79 Å². The molecule has 1 rings (SSSR count). The summed E-state index contributed by atoms with van der Waals surface area (Å²) < 4.78 is 4.81. The summed E-state index contributed by atoms with van der Waals surface area (Å²) in [7, 11) is 1.43. The fourth-order valence-electron chi connectivity index (χ4n) is 1.61. The van der Waals surface area contributed by atoms with Crippen molar-refractivity contribution in [3.63, 3.8) is 0 Å². The summed E-state index contributed by atoms with van der Waals surface area (Å²) in [5.74, 6) is 0.470. The summed E-state index contributed by atoms with van der Waals surface area (Å²) in [6, 6.07) is 8.26. The molecule has 1 aromatic carbocycles. The van der Waals surface area contributed by atoms with E-state index in [1.165, 1.54) is 17.6 Å². The van der Waals surface area contributed by atoms with Gasteiger partial charge in [-0.3, -0.25) is 4.79 Å². The molecular formula is C14H21NO2S. The van der Waals surface area contributed by atoms with E-state index < -0.39 is 0 Å². The zero-order valence-electron chi connectivity index (χ0n) is 11.4. The fourth-order valence-corrected chi connectivity index (χ4v) is 2.65. The maximum atomic E-state index is 11.6. The largest absolute Gasteiger partial charge is 0.468 e. The molecule has 0 bridgehead atoms. The van der Waals surface area contributed by atoms with E-state index >= 15 is 0 Å². The average molecular weight is 267 g/mol. The summed E-state index contributed by atoms with van der Waals surface area (Å²) in [6.07, 6.45) is 0. The molecule has 0 heterocycles. The number of esters is 1. The lowest BCUT2D eigenvalue weighted by Gasteiger charge is -2.18. The molecule has 1 atom stereocenters. The van der Waals surface area contributed by atoms with Crippen molar-refractivity contribution >= 4 is 17.7 Å². The molecule has 1 unspecified atom stereocenters. The van der Waals surface area contributed by atoms with Crippen LogP contribution in [0, 0.1) is 6.92 Å². The normalized spacial score (nSPS) is 12.5. The Bertz CT molecular complexity index is 393. The van der Waals surface area contributed by atoms with Crippen LogP contribution < -0.4 is 5.32 Å². The Hall–Kier alpha value is -1.00. The van der Waals surface area contributed by atoms with Gasteiger partial charge in [-0.2, -0.15) is 0 Å². The van der Waals surface area contributed by atoms with Crippen LogP contribution in [0.2, 0.25) is 0 Å². The van der Waals surface area contributed by atoms with E-state index in [1.807, 2.05) is 19.9 Å². The highest BCUT2D eigenvalue weighted by Crippen LogP contribution is 2.20. The average Bonchev–Trinajstić information content (AvgIpc) is 2.33. The lowest BCUT2D eigenvalue weighted by molar-refractivity contribution is -0.142. The first-order valence-electron chi connectivity index (χ1n) is 6.06. The minimum Gasteiger partial charge on any atom is -0.468 e. The van der Waals surface area contributed by atoms with Crippen LogP contribution in [0.15, 0.2) is 29.2 Å². The molecule has 100 valence electrons. The number of rotatable bonds is 6. The standard InChI is InChI=1S/C14H21NO2S/c1-10(2)15-13(14(16)17-4)9-18-12-7-5-6-11(3)8-12/h5-8,10,13,15H,9H2,1-4H3. The molecule has 0 amide bonds. The summed E-state index contributed by atoms with van der Waals surface area (Å²) in [6.45, 7) is 6.11. The number of carbonyl (C=O) groups is 1. The predicted molar refractivity (Wildman–Crippen MR) is 76.0 cm³/mol. The Morgan fingerprint density at radius 1 is 1.44 bits per heavy atom. The van der Waals surface area contributed by atoms with Crippen LogP contribution in [0.1, 0.15) is 19.4 Å². The number of nitrogens with one attached hydrogen (secondary N) is 1. The van der Waals surface area contributed by atoms with Gasteiger partial charge in [-0.25, -0.2) is 0 Å². The monoisotopic (exact) mass is 267 g/mol. The Kier molecular flexibility index (Phi) is 6.22. The van der Waals surface area contributed by atoms with E-state index in [0.717, 1.165) is 0 Å². The van der Waals surface area contributed by atoms with Gasteiger partial charge in [0.25, 0.3) is 0 Å². The van der Waals surface area contributed by atoms with Crippen molar-refractivity contribution in [3.8, 4) is 0 Å². The van der Waals surface area contributed by atoms with Gasteiger partial charge in [-0.1, -0.05) is 31.5 Å². The number of hydrogen-bond acceptors (Lipinski definition) is 4. The van der Waals surface area contributed by atoms with Gasteiger partial charge < -0.3 is 10.1 Å². The van der Waals surface area contributed by atoms with Crippen LogP contribution in [0.3, 0.4) is 0 Å². The summed E-state index contributed by atoms with van der Waals surface area (Å²) in [5, 5.41) is 3.22. The maximum Gasteiger partial charge on any atom is 0.323 e. The SMILES string of the molecule is COC(=O)C(CSc1cccc(C)c1)NC(C)C. The van der Waals surface area contributed by atoms with Gasteiger partial charge in [0.15, 0.2) is 0 Å². The summed E-state index contributed by atoms with van der Waals surface area (Å²) in [5.41, 5.74) is 1.23. The first-order chi connectivity index (χ1) is 8.52. The highest BCUT2D eigenvalue weighted by molar-refractivity contribution is 7.99. The van der Waals surface area contributed by atoms with Gasteiger partial charge in [-0.05, 0) is 19.1 Å². The molecule has 0 aliphatic heterocycles. The molecular weight excluding hydrogens is 246 g/mol. The lowest BCUT2D eigenvalue weighted by Crippen LogP contribution is -2.43. The van der Waals surface area contributed by atoms with Crippen LogP contribution in [0.4, 0.5) is 0 Å². The molecule has 4 heteroatoms. The topological polar surface area (TPSA) is 38.3 Å². The second-order valence-electron chi connectivity index (χ2n) is 4.52. The van der Waals surface area contributed by atoms with Crippen molar-refractivity contribution < 1.29 is 9.53 Å². The number of ether oxygens (including phenoxy) is 1. The highest BCUT2D eigenvalue weighted by Gasteiger charge is 2.19. The van der Waals surface area contributed by atoms with Crippen LogP contribution in [0.25, 0.3) is 0 Å². The smallest absolute Gasteiger partial charge is 0.323 e. The maximum absolute atomic E-state index is 11.6. The molecule has 0 aliphatic rings. The minimum absolute atomic E-state index is 0.205. The molecule has 0 aliphatic carbocycles. The first-order valence-corrected chi connectivity index (χ1v) is 7.05. The van der Waals surface area contributed by atoms with E-state index in [2.05, 4.69) is 30.4 Å². The van der Waals surface area contributed by atoms with Crippen molar-refractivity contribution in [1.29, 1.82) is 0 Å². The number of benzene rings is 1. The number of aryl methyl sites for hydroxylation is 1. The Balaban J connectivity index is 2.58. The fraction of sp³-hybridized carbons (Fsp3) is 0.500. The number of carbonyl (C=O) groups excluding carboxylic acids is 1. The third kappa shape index (κ3) is 5.10. The molecule has 1 N–H and O–H groups in total. The molecule has 3 nitrogen and oxygen atoms in total. The third-order valence-corrected chi connectivity index (χ3v) is 3.51. The summed E-state index contributed by atoms with van der Waals surface area (Å²) >= 11 is 1.67. The van der Waals surface area contributed by atoms with E-state index in [0.29, 0.717) is 5.75 Å². The van der Waals surface area contributed by atoms with Gasteiger partial charge in [0.2, 0.25) is 0 Å². The summed E-state index contributed by atoms with van der Waals surface area (Å²) in [4.78, 5) is 12.8. The van der Waals surface area contributed by atoms with Crippen molar-refractivity contribution in [2.45, 2.75) is 37.8 Å². The van der Waals surface area contributed by atoms with Crippen molar-refractivity contribution in [2.24, 2.45) is 0 Å². The predicted octanol–water partition coefficient (Wildman–Crippen LogP) is 2.63. The van der Waals surface area contributed by atoms with Gasteiger partial charge in [-0.15, -0.1) is 11.8 Å². The molecule has 18 heavy (non-hydrogen) atoms. The number of thioether (sulfide) groups is 1. The first kappa shape index (κ1) is 15.1. The van der Waals surface area contributed by atoms with Crippen molar-refractivity contribution in [1.82, 2.24) is 5.32 Å². The van der Waals surface area contributed by atoms with Gasteiger partial charge in [0.1, 0.15) is 6.04 Å². The van der Waals surface area contributed by atoms with Crippen LogP contribution in [-0.4, -0.2) is 30.9 Å². The Labute approximate surface area is 113 Å². The molecule has 1 aromatic rings. The van der Waals surface area contributed by atoms with E-state index in [4.69, 9.17) is 4.74 Å². The quantitative estimate of drug-likeness (QED) is 0.635. The second kappa shape index (κ2) is 7.44. The number of hydrogen-bond donors (Lipinski definition) is 1. The highest BCUT2D eigenvalue weighted by atomic mass is 32.2. The van der Waals surface area contributed by atoms with Gasteiger partial charge >= 0.3 is 5.97 Å². The zero-order chi connectivity index (χ0) is 13.5.